The Bertz CT molecular complexity index is 504. The molecule has 1 aromatic carbocycles. The highest BCUT2D eigenvalue weighted by Crippen LogP contribution is 2.35. The number of rotatable bonds is 1. The van der Waals surface area contributed by atoms with Crippen LogP contribution < -0.4 is 10.6 Å². The molecule has 1 heterocycles. The minimum absolute atomic E-state index is 0.333. The molecule has 0 spiro atoms. The fraction of sp³-hybridized carbons (Fsp3) is 0.462. The van der Waals surface area contributed by atoms with Crippen LogP contribution in [0.3, 0.4) is 0 Å². The number of anilines is 1. The zero-order valence-electron chi connectivity index (χ0n) is 10.5. The van der Waals surface area contributed by atoms with Crippen LogP contribution >= 0.6 is 11.6 Å². The van der Waals surface area contributed by atoms with Crippen molar-refractivity contribution in [2.45, 2.75) is 25.3 Å². The van der Waals surface area contributed by atoms with Gasteiger partial charge in [-0.15, -0.1) is 0 Å². The zero-order valence-corrected chi connectivity index (χ0v) is 11.3. The van der Waals surface area contributed by atoms with Gasteiger partial charge in [-0.05, 0) is 30.5 Å². The Morgan fingerprint density at radius 3 is 2.83 bits per heavy atom. The normalized spacial score (nSPS) is 23.4. The summed E-state index contributed by atoms with van der Waals surface area (Å²) in [5, 5.41) is 9.98. The van der Waals surface area contributed by atoms with Crippen molar-refractivity contribution in [3.63, 3.8) is 0 Å². The van der Waals surface area contributed by atoms with Gasteiger partial charge in [0.2, 0.25) is 0 Å². The minimum atomic E-state index is -1.19. The number of carboxylic acid groups (broad SMARTS) is 1. The summed E-state index contributed by atoms with van der Waals surface area (Å²) in [6.07, 6.45) is 0.755. The number of carbonyl (C=O) groups is 1. The standard InChI is InChI=1S/C13H17ClN2O2/c1-8-10(14)4-3-9-7-13(15,12(17)18)5-6-16(2)11(8)9/h3-4H,5-7,15H2,1-2H3,(H,17,18). The first-order chi connectivity index (χ1) is 8.35. The Labute approximate surface area is 111 Å². The van der Waals surface area contributed by atoms with E-state index in [1.807, 2.05) is 24.9 Å². The number of hydrogen-bond donors (Lipinski definition) is 2. The quantitative estimate of drug-likeness (QED) is 0.815. The molecule has 0 amide bonds. The summed E-state index contributed by atoms with van der Waals surface area (Å²) in [6, 6.07) is 3.67. The minimum Gasteiger partial charge on any atom is -0.480 e. The molecule has 0 saturated carbocycles. The van der Waals surface area contributed by atoms with Gasteiger partial charge in [-0.1, -0.05) is 17.7 Å². The third-order valence-electron chi connectivity index (χ3n) is 3.66. The first-order valence-electron chi connectivity index (χ1n) is 5.86. The molecule has 1 aliphatic heterocycles. The molecule has 5 heteroatoms. The lowest BCUT2D eigenvalue weighted by atomic mass is 9.89. The maximum absolute atomic E-state index is 11.3. The molecule has 3 N–H and O–H groups in total. The van der Waals surface area contributed by atoms with E-state index in [2.05, 4.69) is 0 Å². The van der Waals surface area contributed by atoms with E-state index in [1.165, 1.54) is 0 Å². The molecule has 0 bridgehead atoms. The van der Waals surface area contributed by atoms with Gasteiger partial charge in [0.05, 0.1) is 0 Å². The molecule has 0 radical (unpaired) electrons. The van der Waals surface area contributed by atoms with E-state index in [9.17, 15) is 9.90 Å². The summed E-state index contributed by atoms with van der Waals surface area (Å²) < 4.78 is 0. The Kier molecular flexibility index (Phi) is 3.25. The second kappa shape index (κ2) is 4.44. The van der Waals surface area contributed by atoms with Crippen LogP contribution in [0.25, 0.3) is 0 Å². The fourth-order valence-electron chi connectivity index (χ4n) is 2.50. The number of nitrogens with zero attached hydrogens (tertiary/aromatic N) is 1. The van der Waals surface area contributed by atoms with E-state index < -0.39 is 11.5 Å². The lowest BCUT2D eigenvalue weighted by molar-refractivity contribution is -0.143. The van der Waals surface area contributed by atoms with Crippen molar-refractivity contribution in [1.29, 1.82) is 0 Å². The third-order valence-corrected chi connectivity index (χ3v) is 4.06. The highest BCUT2D eigenvalue weighted by molar-refractivity contribution is 6.31. The highest BCUT2D eigenvalue weighted by atomic mass is 35.5. The van der Waals surface area contributed by atoms with Gasteiger partial charge in [-0.25, -0.2) is 0 Å². The maximum atomic E-state index is 11.3. The molecule has 98 valence electrons. The van der Waals surface area contributed by atoms with Gasteiger partial charge in [-0.3, -0.25) is 4.79 Å². The monoisotopic (exact) mass is 268 g/mol. The van der Waals surface area contributed by atoms with Gasteiger partial charge in [0.1, 0.15) is 5.54 Å². The van der Waals surface area contributed by atoms with E-state index >= 15 is 0 Å². The largest absolute Gasteiger partial charge is 0.480 e. The fourth-order valence-corrected chi connectivity index (χ4v) is 2.65. The maximum Gasteiger partial charge on any atom is 0.324 e. The van der Waals surface area contributed by atoms with Crippen molar-refractivity contribution in [2.75, 3.05) is 18.5 Å². The smallest absolute Gasteiger partial charge is 0.324 e. The predicted molar refractivity (Wildman–Crippen MR) is 72.3 cm³/mol. The average molecular weight is 269 g/mol. The van der Waals surface area contributed by atoms with Crippen molar-refractivity contribution in [1.82, 2.24) is 0 Å². The van der Waals surface area contributed by atoms with E-state index in [1.54, 1.807) is 6.07 Å². The molecule has 4 nitrogen and oxygen atoms in total. The van der Waals surface area contributed by atoms with E-state index in [-0.39, 0.29) is 0 Å². The van der Waals surface area contributed by atoms with E-state index in [0.29, 0.717) is 24.4 Å². The number of aliphatic carboxylic acids is 1. The zero-order chi connectivity index (χ0) is 13.5. The van der Waals surface area contributed by atoms with E-state index in [0.717, 1.165) is 16.8 Å². The summed E-state index contributed by atoms with van der Waals surface area (Å²) in [5.41, 5.74) is 7.75. The third kappa shape index (κ3) is 2.06. The first kappa shape index (κ1) is 13.2. The SMILES string of the molecule is Cc1c(Cl)ccc2c1N(C)CCC(N)(C(=O)O)C2. The van der Waals surface area contributed by atoms with Crippen LogP contribution in [0, 0.1) is 6.92 Å². The second-order valence-corrected chi connectivity index (χ2v) is 5.40. The van der Waals surface area contributed by atoms with Crippen LogP contribution in [-0.4, -0.2) is 30.2 Å². The summed E-state index contributed by atoms with van der Waals surface area (Å²) in [6.45, 7) is 2.55. The van der Waals surface area contributed by atoms with Gasteiger partial charge < -0.3 is 15.7 Å². The Morgan fingerprint density at radius 2 is 2.22 bits per heavy atom. The molecule has 1 aromatic rings. The van der Waals surface area contributed by atoms with Gasteiger partial charge in [-0.2, -0.15) is 0 Å². The number of benzene rings is 1. The molecule has 0 fully saturated rings. The number of carboxylic acids is 1. The molecule has 0 aromatic heterocycles. The summed E-state index contributed by atoms with van der Waals surface area (Å²) in [7, 11) is 1.94. The van der Waals surface area contributed by atoms with Gasteiger partial charge in [0.15, 0.2) is 0 Å². The van der Waals surface area contributed by atoms with Crippen molar-refractivity contribution < 1.29 is 9.90 Å². The lowest BCUT2D eigenvalue weighted by Gasteiger charge is -2.22. The van der Waals surface area contributed by atoms with Gasteiger partial charge in [0.25, 0.3) is 0 Å². The van der Waals surface area contributed by atoms with Crippen LogP contribution in [0.4, 0.5) is 5.69 Å². The molecule has 0 saturated heterocycles. The topological polar surface area (TPSA) is 66.6 Å². The molecule has 1 atom stereocenters. The highest BCUT2D eigenvalue weighted by Gasteiger charge is 2.37. The van der Waals surface area contributed by atoms with Crippen LogP contribution in [0.2, 0.25) is 5.02 Å². The molecule has 0 aliphatic carbocycles. The number of halogens is 1. The molecule has 18 heavy (non-hydrogen) atoms. The van der Waals surface area contributed by atoms with Crippen molar-refractivity contribution >= 4 is 23.3 Å². The Morgan fingerprint density at radius 1 is 1.56 bits per heavy atom. The average Bonchev–Trinajstić information content (AvgIpc) is 2.43. The Balaban J connectivity index is 2.54. The van der Waals surface area contributed by atoms with Crippen LogP contribution in [-0.2, 0) is 11.2 Å². The molecule has 1 aliphatic rings. The summed E-state index contributed by atoms with van der Waals surface area (Å²) in [4.78, 5) is 13.4. The molecular weight excluding hydrogens is 252 g/mol. The lowest BCUT2D eigenvalue weighted by Crippen LogP contribution is -2.50. The van der Waals surface area contributed by atoms with Gasteiger partial charge in [0, 0.05) is 30.7 Å². The summed E-state index contributed by atoms with van der Waals surface area (Å²) >= 11 is 6.12. The first-order valence-corrected chi connectivity index (χ1v) is 6.24. The van der Waals surface area contributed by atoms with Crippen molar-refractivity contribution in [3.05, 3.63) is 28.3 Å². The second-order valence-electron chi connectivity index (χ2n) is 4.99. The van der Waals surface area contributed by atoms with Crippen molar-refractivity contribution in [3.8, 4) is 0 Å². The predicted octanol–water partition coefficient (Wildman–Crippen LogP) is 1.81. The van der Waals surface area contributed by atoms with Crippen LogP contribution in [0.5, 0.6) is 0 Å². The van der Waals surface area contributed by atoms with Crippen LogP contribution in [0.15, 0.2) is 12.1 Å². The number of hydrogen-bond acceptors (Lipinski definition) is 3. The van der Waals surface area contributed by atoms with Crippen molar-refractivity contribution in [2.24, 2.45) is 5.73 Å². The number of nitrogens with two attached hydrogens (primary N) is 1. The number of fused-ring (bicyclic) bond motifs is 1. The van der Waals surface area contributed by atoms with Crippen LogP contribution in [0.1, 0.15) is 17.5 Å². The molecular formula is C13H17ClN2O2. The van der Waals surface area contributed by atoms with Gasteiger partial charge >= 0.3 is 5.97 Å². The summed E-state index contributed by atoms with van der Waals surface area (Å²) in [5.74, 6) is -0.948. The molecule has 2 rings (SSSR count). The Hall–Kier alpha value is -1.26. The van der Waals surface area contributed by atoms with E-state index in [4.69, 9.17) is 17.3 Å². The molecule has 1 unspecified atom stereocenters.